The van der Waals surface area contributed by atoms with Crippen LogP contribution in [0.1, 0.15) is 11.1 Å². The maximum Gasteiger partial charge on any atom is 0.131 e. The monoisotopic (exact) mass is 284 g/mol. The summed E-state index contributed by atoms with van der Waals surface area (Å²) in [6, 6.07) is 16.5. The lowest BCUT2D eigenvalue weighted by Crippen LogP contribution is -1.96. The SMILES string of the molecule is Cc1cc(C)c2cc(-c3ccccc3)c(N)nc2c1.Cl. The fraction of sp³-hybridized carbons (Fsp3) is 0.118. The topological polar surface area (TPSA) is 38.9 Å². The smallest absolute Gasteiger partial charge is 0.131 e. The third-order valence-corrected chi connectivity index (χ3v) is 3.40. The maximum absolute atomic E-state index is 6.11. The van der Waals surface area contributed by atoms with E-state index in [1.807, 2.05) is 18.2 Å². The molecular weight excluding hydrogens is 268 g/mol. The number of rotatable bonds is 1. The lowest BCUT2D eigenvalue weighted by atomic mass is 10.0. The number of nitrogen functional groups attached to an aromatic ring is 1. The van der Waals surface area contributed by atoms with E-state index >= 15 is 0 Å². The number of hydrogen-bond acceptors (Lipinski definition) is 2. The van der Waals surface area contributed by atoms with Gasteiger partial charge in [-0.1, -0.05) is 36.4 Å². The molecule has 0 aliphatic rings. The highest BCUT2D eigenvalue weighted by Gasteiger charge is 2.08. The van der Waals surface area contributed by atoms with Crippen LogP contribution in [0.5, 0.6) is 0 Å². The van der Waals surface area contributed by atoms with Gasteiger partial charge in [0.2, 0.25) is 0 Å². The Hall–Kier alpha value is -2.06. The molecule has 0 unspecified atom stereocenters. The zero-order chi connectivity index (χ0) is 13.4. The van der Waals surface area contributed by atoms with Crippen LogP contribution in [0.15, 0.2) is 48.5 Å². The normalized spacial score (nSPS) is 10.3. The van der Waals surface area contributed by atoms with Crippen molar-refractivity contribution in [2.75, 3.05) is 5.73 Å². The first-order valence-corrected chi connectivity index (χ1v) is 6.38. The molecule has 0 radical (unpaired) electrons. The van der Waals surface area contributed by atoms with Crippen molar-refractivity contribution in [1.82, 2.24) is 4.98 Å². The van der Waals surface area contributed by atoms with E-state index in [1.54, 1.807) is 0 Å². The highest BCUT2D eigenvalue weighted by atomic mass is 35.5. The zero-order valence-corrected chi connectivity index (χ0v) is 12.4. The first-order valence-electron chi connectivity index (χ1n) is 6.38. The van der Waals surface area contributed by atoms with Crippen LogP contribution in [0.25, 0.3) is 22.0 Å². The Morgan fingerprint density at radius 1 is 0.950 bits per heavy atom. The molecule has 3 aromatic rings. The second-order valence-electron chi connectivity index (χ2n) is 4.94. The molecule has 0 amide bonds. The van der Waals surface area contributed by atoms with Crippen LogP contribution in [0, 0.1) is 13.8 Å². The van der Waals surface area contributed by atoms with Crippen molar-refractivity contribution >= 4 is 29.1 Å². The lowest BCUT2D eigenvalue weighted by Gasteiger charge is -2.10. The van der Waals surface area contributed by atoms with Crippen LogP contribution < -0.4 is 5.73 Å². The number of benzene rings is 2. The van der Waals surface area contributed by atoms with Gasteiger partial charge in [-0.2, -0.15) is 0 Å². The Labute approximate surface area is 125 Å². The summed E-state index contributed by atoms with van der Waals surface area (Å²) in [5.74, 6) is 0.587. The van der Waals surface area contributed by atoms with Crippen LogP contribution in [0.2, 0.25) is 0 Å². The van der Waals surface area contributed by atoms with Gasteiger partial charge in [0.05, 0.1) is 5.52 Å². The van der Waals surface area contributed by atoms with Gasteiger partial charge in [-0.3, -0.25) is 0 Å². The van der Waals surface area contributed by atoms with Gasteiger partial charge >= 0.3 is 0 Å². The molecule has 0 aliphatic carbocycles. The Kier molecular flexibility index (Phi) is 3.96. The van der Waals surface area contributed by atoms with Gasteiger partial charge in [0.15, 0.2) is 0 Å². The summed E-state index contributed by atoms with van der Waals surface area (Å²) in [5.41, 5.74) is 11.6. The molecule has 102 valence electrons. The predicted molar refractivity (Wildman–Crippen MR) is 88.3 cm³/mol. The van der Waals surface area contributed by atoms with E-state index in [4.69, 9.17) is 5.73 Å². The molecule has 0 fully saturated rings. The molecule has 3 rings (SSSR count). The lowest BCUT2D eigenvalue weighted by molar-refractivity contribution is 1.36. The summed E-state index contributed by atoms with van der Waals surface area (Å²) in [5, 5.41) is 1.17. The van der Waals surface area contributed by atoms with E-state index in [1.165, 1.54) is 16.5 Å². The van der Waals surface area contributed by atoms with Crippen molar-refractivity contribution in [2.45, 2.75) is 13.8 Å². The number of hydrogen-bond donors (Lipinski definition) is 1. The van der Waals surface area contributed by atoms with Crippen molar-refractivity contribution in [2.24, 2.45) is 0 Å². The second-order valence-corrected chi connectivity index (χ2v) is 4.94. The summed E-state index contributed by atoms with van der Waals surface area (Å²) in [7, 11) is 0. The van der Waals surface area contributed by atoms with Crippen LogP contribution >= 0.6 is 12.4 Å². The molecule has 0 atom stereocenters. The second kappa shape index (κ2) is 5.51. The molecule has 0 spiro atoms. The molecular formula is C17H17ClN2. The van der Waals surface area contributed by atoms with Gasteiger partial charge in [0, 0.05) is 10.9 Å². The van der Waals surface area contributed by atoms with Crippen molar-refractivity contribution in [3.05, 3.63) is 59.7 Å². The van der Waals surface area contributed by atoms with Gasteiger partial charge in [-0.25, -0.2) is 4.98 Å². The summed E-state index contributed by atoms with van der Waals surface area (Å²) in [6.07, 6.45) is 0. The molecule has 0 saturated carbocycles. The molecule has 2 nitrogen and oxygen atoms in total. The highest BCUT2D eigenvalue weighted by Crippen LogP contribution is 2.30. The molecule has 1 aromatic heterocycles. The van der Waals surface area contributed by atoms with E-state index in [0.717, 1.165) is 16.6 Å². The Morgan fingerprint density at radius 3 is 2.35 bits per heavy atom. The predicted octanol–water partition coefficient (Wildman–Crippen LogP) is 4.52. The Bertz CT molecular complexity index is 752. The summed E-state index contributed by atoms with van der Waals surface area (Å²) >= 11 is 0. The van der Waals surface area contributed by atoms with Crippen molar-refractivity contribution in [1.29, 1.82) is 0 Å². The van der Waals surface area contributed by atoms with Crippen molar-refractivity contribution in [3.63, 3.8) is 0 Å². The first kappa shape index (κ1) is 14.4. The van der Waals surface area contributed by atoms with E-state index in [-0.39, 0.29) is 12.4 Å². The average Bonchev–Trinajstić information content (AvgIpc) is 2.38. The molecule has 2 N–H and O–H groups in total. The first-order chi connectivity index (χ1) is 9.15. The zero-order valence-electron chi connectivity index (χ0n) is 11.6. The van der Waals surface area contributed by atoms with Crippen molar-refractivity contribution < 1.29 is 0 Å². The molecule has 0 bridgehead atoms. The molecule has 20 heavy (non-hydrogen) atoms. The molecule has 1 heterocycles. The molecule has 3 heteroatoms. The largest absolute Gasteiger partial charge is 0.383 e. The minimum absolute atomic E-state index is 0. The number of halogens is 1. The minimum atomic E-state index is 0. The van der Waals surface area contributed by atoms with Crippen LogP contribution in [-0.4, -0.2) is 4.98 Å². The van der Waals surface area contributed by atoms with E-state index in [9.17, 15) is 0 Å². The van der Waals surface area contributed by atoms with Crippen LogP contribution in [-0.2, 0) is 0 Å². The van der Waals surface area contributed by atoms with E-state index in [2.05, 4.69) is 49.2 Å². The van der Waals surface area contributed by atoms with E-state index in [0.29, 0.717) is 5.82 Å². The summed E-state index contributed by atoms with van der Waals surface area (Å²) < 4.78 is 0. The third-order valence-electron chi connectivity index (χ3n) is 3.40. The highest BCUT2D eigenvalue weighted by molar-refractivity contribution is 5.91. The maximum atomic E-state index is 6.11. The van der Waals surface area contributed by atoms with Gasteiger partial charge in [0.25, 0.3) is 0 Å². The van der Waals surface area contributed by atoms with Gasteiger partial charge in [0.1, 0.15) is 5.82 Å². The van der Waals surface area contributed by atoms with Gasteiger partial charge in [-0.05, 0) is 42.7 Å². The number of anilines is 1. The minimum Gasteiger partial charge on any atom is -0.383 e. The number of fused-ring (bicyclic) bond motifs is 1. The Morgan fingerprint density at radius 2 is 1.65 bits per heavy atom. The summed E-state index contributed by atoms with van der Waals surface area (Å²) in [4.78, 5) is 4.55. The summed E-state index contributed by atoms with van der Waals surface area (Å²) in [6.45, 7) is 4.19. The van der Waals surface area contributed by atoms with Gasteiger partial charge < -0.3 is 5.73 Å². The number of nitrogens with two attached hydrogens (primary N) is 1. The van der Waals surface area contributed by atoms with E-state index < -0.39 is 0 Å². The van der Waals surface area contributed by atoms with Crippen LogP contribution in [0.3, 0.4) is 0 Å². The molecule has 0 aliphatic heterocycles. The van der Waals surface area contributed by atoms with Gasteiger partial charge in [-0.15, -0.1) is 12.4 Å². The fourth-order valence-corrected chi connectivity index (χ4v) is 2.49. The number of nitrogens with zero attached hydrogens (tertiary/aromatic N) is 1. The third kappa shape index (κ3) is 2.47. The number of pyridine rings is 1. The standard InChI is InChI=1S/C17H16N2.ClH/c1-11-8-12(2)14-10-15(13-6-4-3-5-7-13)17(18)19-16(14)9-11;/h3-10H,1-2H3,(H2,18,19);1H. The van der Waals surface area contributed by atoms with Crippen molar-refractivity contribution in [3.8, 4) is 11.1 Å². The number of aromatic nitrogens is 1. The quantitative estimate of drug-likeness (QED) is 0.713. The van der Waals surface area contributed by atoms with Crippen LogP contribution in [0.4, 0.5) is 5.82 Å². The molecule has 2 aromatic carbocycles. The Balaban J connectivity index is 0.00000147. The average molecular weight is 285 g/mol. The number of aryl methyl sites for hydroxylation is 2. The molecule has 0 saturated heterocycles. The fourth-order valence-electron chi connectivity index (χ4n) is 2.49.